The SMILES string of the molecule is O=C(O)COc1cccc2c(Cc3nc(CCc4ccccc4)co3)coc12. The summed E-state index contributed by atoms with van der Waals surface area (Å²) in [7, 11) is 0. The van der Waals surface area contributed by atoms with Crippen LogP contribution >= 0.6 is 0 Å². The van der Waals surface area contributed by atoms with Crippen molar-refractivity contribution >= 4 is 16.9 Å². The van der Waals surface area contributed by atoms with Crippen LogP contribution in [0, 0.1) is 0 Å². The summed E-state index contributed by atoms with van der Waals surface area (Å²) in [5, 5.41) is 9.64. The zero-order valence-electron chi connectivity index (χ0n) is 15.1. The second kappa shape index (κ2) is 8.00. The minimum Gasteiger partial charge on any atom is -0.479 e. The van der Waals surface area contributed by atoms with Crippen LogP contribution in [0.2, 0.25) is 0 Å². The zero-order chi connectivity index (χ0) is 19.3. The fraction of sp³-hybridized carbons (Fsp3) is 0.182. The summed E-state index contributed by atoms with van der Waals surface area (Å²) in [5.74, 6) is -0.0173. The lowest BCUT2D eigenvalue weighted by molar-refractivity contribution is -0.139. The van der Waals surface area contributed by atoms with Gasteiger partial charge in [-0.15, -0.1) is 0 Å². The molecule has 0 unspecified atom stereocenters. The molecule has 2 aromatic carbocycles. The highest BCUT2D eigenvalue weighted by Crippen LogP contribution is 2.31. The second-order valence-electron chi connectivity index (χ2n) is 6.47. The highest BCUT2D eigenvalue weighted by atomic mass is 16.5. The molecule has 0 aliphatic carbocycles. The maximum Gasteiger partial charge on any atom is 0.341 e. The van der Waals surface area contributed by atoms with Crippen LogP contribution in [0.1, 0.15) is 22.7 Å². The number of carboxylic acids is 1. The Labute approximate surface area is 161 Å². The van der Waals surface area contributed by atoms with Crippen LogP contribution in [0.3, 0.4) is 0 Å². The van der Waals surface area contributed by atoms with Gasteiger partial charge in [-0.25, -0.2) is 9.78 Å². The van der Waals surface area contributed by atoms with Gasteiger partial charge in [0.2, 0.25) is 0 Å². The molecule has 0 fully saturated rings. The van der Waals surface area contributed by atoms with Gasteiger partial charge in [0.05, 0.1) is 18.4 Å². The number of ether oxygens (including phenoxy) is 1. The number of furan rings is 1. The molecular weight excluding hydrogens is 358 g/mol. The number of fused-ring (bicyclic) bond motifs is 1. The molecule has 0 spiro atoms. The third-order valence-electron chi connectivity index (χ3n) is 4.45. The first kappa shape index (κ1) is 17.9. The van der Waals surface area contributed by atoms with Crippen LogP contribution in [-0.4, -0.2) is 22.7 Å². The van der Waals surface area contributed by atoms with Crippen molar-refractivity contribution in [3.63, 3.8) is 0 Å². The highest BCUT2D eigenvalue weighted by molar-refractivity contribution is 5.86. The fourth-order valence-electron chi connectivity index (χ4n) is 3.10. The summed E-state index contributed by atoms with van der Waals surface area (Å²) in [6, 6.07) is 15.7. The Morgan fingerprint density at radius 2 is 1.86 bits per heavy atom. The topological polar surface area (TPSA) is 85.7 Å². The van der Waals surface area contributed by atoms with Crippen molar-refractivity contribution < 1.29 is 23.5 Å². The second-order valence-corrected chi connectivity index (χ2v) is 6.47. The van der Waals surface area contributed by atoms with E-state index in [9.17, 15) is 4.79 Å². The number of benzene rings is 2. The van der Waals surface area contributed by atoms with E-state index in [1.54, 1.807) is 24.7 Å². The Balaban J connectivity index is 1.46. The number of nitrogens with zero attached hydrogens (tertiary/aromatic N) is 1. The Morgan fingerprint density at radius 3 is 2.68 bits per heavy atom. The van der Waals surface area contributed by atoms with Crippen molar-refractivity contribution in [2.24, 2.45) is 0 Å². The van der Waals surface area contributed by atoms with Crippen LogP contribution < -0.4 is 4.74 Å². The van der Waals surface area contributed by atoms with Gasteiger partial charge in [0.1, 0.15) is 6.26 Å². The number of rotatable bonds is 8. The summed E-state index contributed by atoms with van der Waals surface area (Å²) in [4.78, 5) is 15.3. The summed E-state index contributed by atoms with van der Waals surface area (Å²) in [6.45, 7) is -0.417. The number of hydrogen-bond acceptors (Lipinski definition) is 5. The van der Waals surface area contributed by atoms with E-state index in [0.717, 1.165) is 29.5 Å². The molecule has 0 atom stereocenters. The van der Waals surface area contributed by atoms with E-state index in [2.05, 4.69) is 17.1 Å². The minimum atomic E-state index is -1.04. The van der Waals surface area contributed by atoms with Gasteiger partial charge in [-0.2, -0.15) is 0 Å². The number of para-hydroxylation sites is 1. The normalized spacial score (nSPS) is 11.0. The van der Waals surface area contributed by atoms with Crippen molar-refractivity contribution in [2.45, 2.75) is 19.3 Å². The number of aromatic nitrogens is 1. The van der Waals surface area contributed by atoms with Gasteiger partial charge in [0.15, 0.2) is 23.8 Å². The summed E-state index contributed by atoms with van der Waals surface area (Å²) < 4.78 is 16.5. The van der Waals surface area contributed by atoms with Crippen molar-refractivity contribution in [2.75, 3.05) is 6.61 Å². The van der Waals surface area contributed by atoms with E-state index in [1.807, 2.05) is 24.3 Å². The Hall–Kier alpha value is -3.54. The van der Waals surface area contributed by atoms with Crippen LogP contribution in [0.25, 0.3) is 11.0 Å². The quantitative estimate of drug-likeness (QED) is 0.494. The lowest BCUT2D eigenvalue weighted by Gasteiger charge is -2.03. The van der Waals surface area contributed by atoms with Crippen LogP contribution in [-0.2, 0) is 24.1 Å². The maximum atomic E-state index is 10.7. The molecule has 28 heavy (non-hydrogen) atoms. The molecule has 2 aromatic heterocycles. The minimum absolute atomic E-state index is 0.405. The molecular formula is C22H19NO5. The Kier molecular flexibility index (Phi) is 5.10. The molecule has 0 saturated heterocycles. The van der Waals surface area contributed by atoms with E-state index in [-0.39, 0.29) is 0 Å². The molecule has 0 aliphatic heterocycles. The molecule has 0 bridgehead atoms. The molecule has 6 nitrogen and oxygen atoms in total. The maximum absolute atomic E-state index is 10.7. The van der Waals surface area contributed by atoms with Gasteiger partial charge in [-0.1, -0.05) is 42.5 Å². The number of aryl methyl sites for hydroxylation is 2. The number of carbonyl (C=O) groups is 1. The predicted molar refractivity (Wildman–Crippen MR) is 103 cm³/mol. The average Bonchev–Trinajstić information content (AvgIpc) is 3.33. The van der Waals surface area contributed by atoms with Gasteiger partial charge >= 0.3 is 5.97 Å². The summed E-state index contributed by atoms with van der Waals surface area (Å²) in [6.07, 6.45) is 5.54. The number of aliphatic carboxylic acids is 1. The van der Waals surface area contributed by atoms with Crippen molar-refractivity contribution in [1.29, 1.82) is 0 Å². The average molecular weight is 377 g/mol. The highest BCUT2D eigenvalue weighted by Gasteiger charge is 2.14. The predicted octanol–water partition coefficient (Wildman–Crippen LogP) is 4.26. The van der Waals surface area contributed by atoms with Crippen molar-refractivity contribution in [1.82, 2.24) is 4.98 Å². The van der Waals surface area contributed by atoms with Gasteiger partial charge < -0.3 is 18.7 Å². The van der Waals surface area contributed by atoms with E-state index < -0.39 is 12.6 Å². The third-order valence-corrected chi connectivity index (χ3v) is 4.45. The van der Waals surface area contributed by atoms with E-state index >= 15 is 0 Å². The molecule has 0 amide bonds. The molecule has 0 aliphatic rings. The summed E-state index contributed by atoms with van der Waals surface area (Å²) in [5.41, 5.74) is 3.61. The van der Waals surface area contributed by atoms with Gasteiger partial charge in [0.25, 0.3) is 0 Å². The molecule has 4 aromatic rings. The van der Waals surface area contributed by atoms with Crippen LogP contribution in [0.15, 0.2) is 69.9 Å². The lowest BCUT2D eigenvalue weighted by atomic mass is 10.1. The van der Waals surface area contributed by atoms with E-state index in [0.29, 0.717) is 23.6 Å². The molecule has 1 N–H and O–H groups in total. The van der Waals surface area contributed by atoms with E-state index in [1.165, 1.54) is 5.56 Å². The molecule has 0 radical (unpaired) electrons. The number of carboxylic acid groups (broad SMARTS) is 1. The molecule has 142 valence electrons. The van der Waals surface area contributed by atoms with Crippen LogP contribution in [0.4, 0.5) is 0 Å². The van der Waals surface area contributed by atoms with E-state index in [4.69, 9.17) is 18.7 Å². The van der Waals surface area contributed by atoms with Crippen molar-refractivity contribution in [3.8, 4) is 5.75 Å². The molecule has 0 saturated carbocycles. The number of hydrogen-bond donors (Lipinski definition) is 1. The zero-order valence-corrected chi connectivity index (χ0v) is 15.1. The first-order valence-corrected chi connectivity index (χ1v) is 9.00. The first-order valence-electron chi connectivity index (χ1n) is 9.00. The third kappa shape index (κ3) is 4.06. The lowest BCUT2D eigenvalue weighted by Crippen LogP contribution is -2.09. The molecule has 6 heteroatoms. The first-order chi connectivity index (χ1) is 13.7. The Bertz CT molecular complexity index is 1080. The molecule has 2 heterocycles. The standard InChI is InChI=1S/C22H19NO5/c24-21(25)14-26-19-8-4-7-18-16(12-28-22(18)19)11-20-23-17(13-27-20)10-9-15-5-2-1-3-6-15/h1-8,12-13H,9-11,14H2,(H,24,25). The van der Waals surface area contributed by atoms with Crippen molar-refractivity contribution in [3.05, 3.63) is 83.8 Å². The van der Waals surface area contributed by atoms with Crippen LogP contribution in [0.5, 0.6) is 5.75 Å². The Morgan fingerprint density at radius 1 is 1.00 bits per heavy atom. The van der Waals surface area contributed by atoms with Gasteiger partial charge in [-0.3, -0.25) is 0 Å². The fourth-order valence-corrected chi connectivity index (χ4v) is 3.10. The van der Waals surface area contributed by atoms with Gasteiger partial charge in [0, 0.05) is 10.9 Å². The monoisotopic (exact) mass is 377 g/mol. The molecule has 4 rings (SSSR count). The smallest absolute Gasteiger partial charge is 0.341 e. The summed E-state index contributed by atoms with van der Waals surface area (Å²) >= 11 is 0. The van der Waals surface area contributed by atoms with Gasteiger partial charge in [-0.05, 0) is 24.5 Å². The number of oxazole rings is 1. The largest absolute Gasteiger partial charge is 0.479 e.